The highest BCUT2D eigenvalue weighted by molar-refractivity contribution is 6.33. The highest BCUT2D eigenvalue weighted by Crippen LogP contribution is 2.60. The average Bonchev–Trinajstić information content (AvgIpc) is 3.97. The summed E-state index contributed by atoms with van der Waals surface area (Å²) in [5.41, 5.74) is 2.91. The van der Waals surface area contributed by atoms with Gasteiger partial charge < -0.3 is 29.6 Å². The third-order valence-corrected chi connectivity index (χ3v) is 14.7. The molecule has 5 amide bonds. The molecule has 3 N–H and O–H groups in total. The molecule has 5 fully saturated rings. The molecule has 3 unspecified atom stereocenters. The molecule has 6 heterocycles. The predicted octanol–water partition coefficient (Wildman–Crippen LogP) is 4.48. The Morgan fingerprint density at radius 1 is 0.969 bits per heavy atom. The SMILES string of the molecule is CNC(=O)COc1cc2cc(Nc3nc(N4CCC(OC5CC(N6CCC7(c8ccc9c(c8)C(=O)N(C8CCC(=O)NC8=O)C9=O)CC7C6)C5)CC4)ncc3Cl)ccc2n(C(C)C)c1=O. The maximum Gasteiger partial charge on any atom is 0.293 e. The second kappa shape index (κ2) is 16.8. The molecule has 10 rings (SSSR count). The fraction of sp³-hybridized carbons (Fsp3) is 0.489. The molecular weight excluding hydrogens is 854 g/mol. The molecular formula is C47H52ClN9O8. The molecule has 0 bridgehead atoms. The first kappa shape index (κ1) is 43.0. The van der Waals surface area contributed by atoms with E-state index in [1.165, 1.54) is 7.05 Å². The summed E-state index contributed by atoms with van der Waals surface area (Å²) < 4.78 is 13.9. The monoisotopic (exact) mass is 905 g/mol. The zero-order chi connectivity index (χ0) is 45.3. The second-order valence-electron chi connectivity index (χ2n) is 18.6. The smallest absolute Gasteiger partial charge is 0.293 e. The number of nitrogens with one attached hydrogen (secondary N) is 3. The van der Waals surface area contributed by atoms with Crippen LogP contribution in [-0.4, -0.2) is 118 Å². The van der Waals surface area contributed by atoms with Crippen LogP contribution < -0.4 is 31.1 Å². The van der Waals surface area contributed by atoms with Gasteiger partial charge in [-0.15, -0.1) is 0 Å². The van der Waals surface area contributed by atoms with E-state index in [2.05, 4.69) is 30.7 Å². The van der Waals surface area contributed by atoms with E-state index in [0.717, 1.165) is 86.1 Å². The Balaban J connectivity index is 0.706. The lowest BCUT2D eigenvalue weighted by molar-refractivity contribution is -0.136. The number of halogens is 1. The Kier molecular flexibility index (Phi) is 11.1. The van der Waals surface area contributed by atoms with Gasteiger partial charge >= 0.3 is 0 Å². The molecule has 2 saturated carbocycles. The minimum atomic E-state index is -0.968. The summed E-state index contributed by atoms with van der Waals surface area (Å²) in [7, 11) is 1.51. The summed E-state index contributed by atoms with van der Waals surface area (Å²) in [5.74, 6) is -0.642. The number of hydrogen-bond donors (Lipinski definition) is 3. The van der Waals surface area contributed by atoms with Crippen LogP contribution in [0.3, 0.4) is 0 Å². The van der Waals surface area contributed by atoms with Gasteiger partial charge in [0.05, 0.1) is 35.0 Å². The first-order chi connectivity index (χ1) is 31.3. The molecule has 4 aliphatic heterocycles. The van der Waals surface area contributed by atoms with Gasteiger partial charge in [0.2, 0.25) is 17.8 Å². The Morgan fingerprint density at radius 3 is 2.49 bits per heavy atom. The maximum absolute atomic E-state index is 13.5. The number of fused-ring (bicyclic) bond motifs is 3. The van der Waals surface area contributed by atoms with Gasteiger partial charge in [0.1, 0.15) is 11.1 Å². The van der Waals surface area contributed by atoms with E-state index in [1.54, 1.807) is 22.9 Å². The number of ether oxygens (including phenoxy) is 2. The first-order valence-electron chi connectivity index (χ1n) is 22.6. The number of piperidine rings is 3. The van der Waals surface area contributed by atoms with Gasteiger partial charge in [-0.25, -0.2) is 4.98 Å². The number of benzene rings is 2. The highest BCUT2D eigenvalue weighted by Gasteiger charge is 2.59. The molecule has 3 atom stereocenters. The van der Waals surface area contributed by atoms with E-state index in [9.17, 15) is 28.8 Å². The van der Waals surface area contributed by atoms with Crippen LogP contribution in [0.15, 0.2) is 53.5 Å². The summed E-state index contributed by atoms with van der Waals surface area (Å²) in [6, 6.07) is 12.3. The number of rotatable bonds is 12. The minimum absolute atomic E-state index is 0.00274. The number of amides is 5. The van der Waals surface area contributed by atoms with Crippen molar-refractivity contribution in [3.63, 3.8) is 0 Å². The van der Waals surface area contributed by atoms with Crippen molar-refractivity contribution in [2.24, 2.45) is 5.92 Å². The predicted molar refractivity (Wildman–Crippen MR) is 241 cm³/mol. The fourth-order valence-electron chi connectivity index (χ4n) is 10.6. The third kappa shape index (κ3) is 7.90. The zero-order valence-corrected chi connectivity index (χ0v) is 37.4. The molecule has 4 aromatic rings. The van der Waals surface area contributed by atoms with Crippen molar-refractivity contribution >= 4 is 69.5 Å². The summed E-state index contributed by atoms with van der Waals surface area (Å²) >= 11 is 6.60. The Bertz CT molecular complexity index is 2700. The van der Waals surface area contributed by atoms with E-state index in [-0.39, 0.29) is 66.2 Å². The van der Waals surface area contributed by atoms with Crippen molar-refractivity contribution in [3.8, 4) is 5.75 Å². The largest absolute Gasteiger partial charge is 0.478 e. The van der Waals surface area contributed by atoms with Crippen LogP contribution in [-0.2, 0) is 24.5 Å². The number of carbonyl (C=O) groups is 5. The fourth-order valence-corrected chi connectivity index (χ4v) is 10.8. The van der Waals surface area contributed by atoms with E-state index < -0.39 is 23.8 Å². The highest BCUT2D eigenvalue weighted by atomic mass is 35.5. The standard InChI is InChI=1S/C47H52ClN9O8/c1-25(2)56-36-7-5-29(16-26(36)17-38(45(56)63)64-24-40(59)49-3)51-41-35(48)22-50-46(53-41)54-13-10-31(11-14-54)65-32-19-30(20-32)55-15-12-47(21-28(47)23-55)27-4-6-33-34(18-27)44(62)57(43(33)61)37-8-9-39(58)52-42(37)60/h4-7,16-18,22,25,28,30-32,37H,8-15,19-21,23-24H2,1-3H3,(H,49,59)(H,50,51,53)(H,52,58,60). The number of imide groups is 2. The number of likely N-dealkylation sites (N-methyl/N-ethyl adjacent to an activating group) is 1. The molecule has 17 nitrogen and oxygen atoms in total. The van der Waals surface area contributed by atoms with Gasteiger partial charge in [-0.2, -0.15) is 4.98 Å². The van der Waals surface area contributed by atoms with E-state index in [4.69, 9.17) is 26.1 Å². The van der Waals surface area contributed by atoms with Gasteiger partial charge in [-0.05, 0) is 113 Å². The van der Waals surface area contributed by atoms with Crippen LogP contribution in [0.25, 0.3) is 10.9 Å². The molecule has 2 aromatic carbocycles. The van der Waals surface area contributed by atoms with Crippen molar-refractivity contribution in [1.29, 1.82) is 0 Å². The molecule has 3 saturated heterocycles. The molecule has 0 spiro atoms. The van der Waals surface area contributed by atoms with E-state index >= 15 is 0 Å². The van der Waals surface area contributed by atoms with Crippen molar-refractivity contribution in [2.75, 3.05) is 50.1 Å². The third-order valence-electron chi connectivity index (χ3n) is 14.4. The molecule has 2 aromatic heterocycles. The van der Waals surface area contributed by atoms with Crippen LogP contribution in [0.2, 0.25) is 5.02 Å². The normalized spacial score (nSPS) is 25.6. The van der Waals surface area contributed by atoms with Gasteiger partial charge in [-0.3, -0.25) is 43.9 Å². The molecule has 340 valence electrons. The molecule has 6 aliphatic rings. The number of nitrogens with zero attached hydrogens (tertiary/aromatic N) is 6. The lowest BCUT2D eigenvalue weighted by atomic mass is 9.82. The Hall–Kier alpha value is -5.91. The van der Waals surface area contributed by atoms with Crippen molar-refractivity contribution in [1.82, 2.24) is 35.0 Å². The number of hydrogen-bond acceptors (Lipinski definition) is 13. The number of carbonyl (C=O) groups excluding carboxylic acids is 5. The van der Waals surface area contributed by atoms with Crippen molar-refractivity contribution in [3.05, 3.63) is 80.7 Å². The van der Waals surface area contributed by atoms with E-state index in [1.807, 2.05) is 44.2 Å². The number of likely N-dealkylation sites (tertiary alicyclic amines) is 1. The van der Waals surface area contributed by atoms with Crippen molar-refractivity contribution < 1.29 is 33.4 Å². The van der Waals surface area contributed by atoms with E-state index in [0.29, 0.717) is 45.6 Å². The summed E-state index contributed by atoms with van der Waals surface area (Å²) in [4.78, 5) is 91.2. The molecule has 18 heteroatoms. The minimum Gasteiger partial charge on any atom is -0.478 e. The average molecular weight is 906 g/mol. The second-order valence-corrected chi connectivity index (χ2v) is 19.0. The number of pyridine rings is 1. The molecule has 0 radical (unpaired) electrons. The molecule has 2 aliphatic carbocycles. The quantitative estimate of drug-likeness (QED) is 0.169. The summed E-state index contributed by atoms with van der Waals surface area (Å²) in [6.07, 6.45) is 8.00. The van der Waals surface area contributed by atoms with Gasteiger partial charge in [-0.1, -0.05) is 17.7 Å². The number of anilines is 3. The van der Waals surface area contributed by atoms with Gasteiger partial charge in [0, 0.05) is 61.7 Å². The lowest BCUT2D eigenvalue weighted by Gasteiger charge is -2.47. The number of aromatic nitrogens is 3. The summed E-state index contributed by atoms with van der Waals surface area (Å²) in [6.45, 7) is 7.03. The Morgan fingerprint density at radius 2 is 1.75 bits per heavy atom. The van der Waals surface area contributed by atoms with Gasteiger partial charge in [0.15, 0.2) is 18.2 Å². The maximum atomic E-state index is 13.5. The van der Waals surface area contributed by atoms with Crippen LogP contribution >= 0.6 is 11.6 Å². The molecule has 65 heavy (non-hydrogen) atoms. The van der Waals surface area contributed by atoms with Crippen LogP contribution in [0, 0.1) is 5.92 Å². The first-order valence-corrected chi connectivity index (χ1v) is 23.0. The zero-order valence-electron chi connectivity index (χ0n) is 36.6. The van der Waals surface area contributed by atoms with Crippen molar-refractivity contribution in [2.45, 2.75) is 101 Å². The Labute approximate surface area is 380 Å². The van der Waals surface area contributed by atoms with Crippen LogP contribution in [0.5, 0.6) is 5.75 Å². The lowest BCUT2D eigenvalue weighted by Crippen LogP contribution is -2.54. The van der Waals surface area contributed by atoms with Crippen LogP contribution in [0.4, 0.5) is 17.5 Å². The topological polar surface area (TPSA) is 197 Å². The van der Waals surface area contributed by atoms with Gasteiger partial charge in [0.25, 0.3) is 23.3 Å². The summed E-state index contributed by atoms with van der Waals surface area (Å²) in [5, 5.41) is 9.21. The van der Waals surface area contributed by atoms with Crippen LogP contribution in [0.1, 0.15) is 97.5 Å².